The van der Waals surface area contributed by atoms with Crippen LogP contribution in [0.15, 0.2) is 34.7 Å². The van der Waals surface area contributed by atoms with E-state index in [0.717, 1.165) is 22.8 Å². The summed E-state index contributed by atoms with van der Waals surface area (Å²) in [6, 6.07) is 9.38. The number of nitrogens with two attached hydrogens (primary N) is 1. The molecule has 0 saturated carbocycles. The maximum absolute atomic E-state index is 6.20. The minimum absolute atomic E-state index is 0.0295. The van der Waals surface area contributed by atoms with E-state index >= 15 is 0 Å². The first kappa shape index (κ1) is 13.9. The van der Waals surface area contributed by atoms with E-state index in [1.54, 1.807) is 6.07 Å². The molecule has 0 aliphatic carbocycles. The zero-order chi connectivity index (χ0) is 14.0. The van der Waals surface area contributed by atoms with Gasteiger partial charge in [0.1, 0.15) is 16.5 Å². The molecule has 0 aliphatic rings. The minimum atomic E-state index is 0.0295. The topological polar surface area (TPSA) is 51.2 Å². The summed E-state index contributed by atoms with van der Waals surface area (Å²) in [5, 5.41) is 3.88. The summed E-state index contributed by atoms with van der Waals surface area (Å²) in [5.41, 5.74) is 7.14. The van der Waals surface area contributed by atoms with E-state index in [1.165, 1.54) is 0 Å². The monoisotopic (exact) mass is 294 g/mol. The van der Waals surface area contributed by atoms with Crippen LogP contribution in [-0.2, 0) is 0 Å². The van der Waals surface area contributed by atoms with Gasteiger partial charge in [-0.1, -0.05) is 23.8 Å². The predicted molar refractivity (Wildman–Crippen MR) is 82.8 cm³/mol. The Kier molecular flexibility index (Phi) is 4.12. The van der Waals surface area contributed by atoms with Crippen molar-refractivity contribution in [3.8, 4) is 0 Å². The predicted octanol–water partition coefficient (Wildman–Crippen LogP) is 4.05. The molecule has 3 nitrogen and oxygen atoms in total. The number of thiocarbonyl (C=S) groups is 1. The number of halogens is 1. The molecule has 0 fully saturated rings. The Morgan fingerprint density at radius 3 is 2.63 bits per heavy atom. The zero-order valence-electron chi connectivity index (χ0n) is 10.7. The van der Waals surface area contributed by atoms with Crippen LogP contribution >= 0.6 is 23.8 Å². The number of anilines is 1. The smallest absolute Gasteiger partial charge is 0.126 e. The molecule has 1 aromatic heterocycles. The Bertz CT molecular complexity index is 609. The maximum Gasteiger partial charge on any atom is 0.126 e. The lowest BCUT2D eigenvalue weighted by Crippen LogP contribution is -2.10. The fraction of sp³-hybridized carbons (Fsp3) is 0.214. The van der Waals surface area contributed by atoms with E-state index < -0.39 is 0 Å². The van der Waals surface area contributed by atoms with Crippen molar-refractivity contribution in [2.45, 2.75) is 19.9 Å². The summed E-state index contributed by atoms with van der Waals surface area (Å²) in [4.78, 5) is 0.336. The van der Waals surface area contributed by atoms with Crippen LogP contribution in [0.3, 0.4) is 0 Å². The molecule has 0 bridgehead atoms. The molecule has 0 radical (unpaired) electrons. The van der Waals surface area contributed by atoms with Gasteiger partial charge in [0.25, 0.3) is 0 Å². The van der Waals surface area contributed by atoms with Crippen molar-refractivity contribution in [3.05, 3.63) is 52.4 Å². The molecule has 2 aromatic rings. The number of benzene rings is 1. The van der Waals surface area contributed by atoms with Crippen molar-refractivity contribution in [1.29, 1.82) is 0 Å². The zero-order valence-corrected chi connectivity index (χ0v) is 12.3. The van der Waals surface area contributed by atoms with Gasteiger partial charge in [-0.3, -0.25) is 0 Å². The minimum Gasteiger partial charge on any atom is -0.464 e. The quantitative estimate of drug-likeness (QED) is 0.835. The van der Waals surface area contributed by atoms with Gasteiger partial charge in [-0.25, -0.2) is 0 Å². The molecule has 1 aromatic carbocycles. The Morgan fingerprint density at radius 1 is 1.37 bits per heavy atom. The van der Waals surface area contributed by atoms with Crippen LogP contribution in [0.2, 0.25) is 5.02 Å². The van der Waals surface area contributed by atoms with Crippen LogP contribution in [0.25, 0.3) is 0 Å². The Balaban J connectivity index is 2.17. The highest BCUT2D eigenvalue weighted by Crippen LogP contribution is 2.27. The Hall–Kier alpha value is -1.52. The van der Waals surface area contributed by atoms with Crippen LogP contribution < -0.4 is 11.1 Å². The first-order valence-corrected chi connectivity index (χ1v) is 6.68. The van der Waals surface area contributed by atoms with E-state index in [9.17, 15) is 0 Å². The summed E-state index contributed by atoms with van der Waals surface area (Å²) in [6.07, 6.45) is 0. The SMILES string of the molecule is Cc1ccc(C(C)Nc2ccc(C(N)=S)cc2Cl)o1. The molecular weight excluding hydrogens is 280 g/mol. The normalized spacial score (nSPS) is 12.2. The number of hydrogen-bond donors (Lipinski definition) is 2. The van der Waals surface area contributed by atoms with Gasteiger partial charge in [-0.15, -0.1) is 0 Å². The summed E-state index contributed by atoms with van der Waals surface area (Å²) in [5.74, 6) is 1.76. The average Bonchev–Trinajstić information content (AvgIpc) is 2.78. The molecule has 0 amide bonds. The largest absolute Gasteiger partial charge is 0.464 e. The summed E-state index contributed by atoms with van der Waals surface area (Å²) >= 11 is 11.1. The van der Waals surface area contributed by atoms with Gasteiger partial charge in [-0.05, 0) is 44.2 Å². The Morgan fingerprint density at radius 2 is 2.11 bits per heavy atom. The third kappa shape index (κ3) is 3.28. The molecule has 0 saturated heterocycles. The van der Waals surface area contributed by atoms with Gasteiger partial charge in [0.2, 0.25) is 0 Å². The average molecular weight is 295 g/mol. The van der Waals surface area contributed by atoms with Gasteiger partial charge in [0, 0.05) is 5.56 Å². The van der Waals surface area contributed by atoms with Crippen LogP contribution in [0, 0.1) is 6.92 Å². The molecule has 5 heteroatoms. The molecule has 2 rings (SSSR count). The van der Waals surface area contributed by atoms with E-state index in [2.05, 4.69) is 5.32 Å². The molecule has 100 valence electrons. The molecule has 3 N–H and O–H groups in total. The van der Waals surface area contributed by atoms with Crippen LogP contribution in [-0.4, -0.2) is 4.99 Å². The molecule has 1 heterocycles. The van der Waals surface area contributed by atoms with Gasteiger partial charge < -0.3 is 15.5 Å². The fourth-order valence-corrected chi connectivity index (χ4v) is 2.14. The number of nitrogens with one attached hydrogen (secondary N) is 1. The molecule has 1 unspecified atom stereocenters. The summed E-state index contributed by atoms with van der Waals surface area (Å²) in [7, 11) is 0. The van der Waals surface area contributed by atoms with Crippen molar-refractivity contribution >= 4 is 34.5 Å². The molecular formula is C14H15ClN2OS. The Labute approximate surface area is 122 Å². The standard InChI is InChI=1S/C14H15ClN2OS/c1-8-3-6-13(18-8)9(2)17-12-5-4-10(14(16)19)7-11(12)15/h3-7,9,17H,1-2H3,(H2,16,19). The number of aryl methyl sites for hydroxylation is 1. The van der Waals surface area contributed by atoms with Gasteiger partial charge in [0.05, 0.1) is 16.8 Å². The highest BCUT2D eigenvalue weighted by Gasteiger charge is 2.11. The van der Waals surface area contributed by atoms with Crippen LogP contribution in [0.5, 0.6) is 0 Å². The lowest BCUT2D eigenvalue weighted by atomic mass is 10.2. The summed E-state index contributed by atoms with van der Waals surface area (Å²) in [6.45, 7) is 3.93. The molecule has 1 atom stereocenters. The number of furan rings is 1. The van der Waals surface area contributed by atoms with Crippen LogP contribution in [0.1, 0.15) is 30.0 Å². The third-order valence-electron chi connectivity index (χ3n) is 2.81. The van der Waals surface area contributed by atoms with Crippen molar-refractivity contribution in [2.75, 3.05) is 5.32 Å². The first-order valence-electron chi connectivity index (χ1n) is 5.89. The van der Waals surface area contributed by atoms with Crippen molar-refractivity contribution in [2.24, 2.45) is 5.73 Å². The van der Waals surface area contributed by atoms with Crippen molar-refractivity contribution in [1.82, 2.24) is 0 Å². The molecule has 0 aliphatic heterocycles. The van der Waals surface area contributed by atoms with Crippen molar-refractivity contribution < 1.29 is 4.42 Å². The number of hydrogen-bond acceptors (Lipinski definition) is 3. The lowest BCUT2D eigenvalue weighted by molar-refractivity contribution is 0.467. The summed E-state index contributed by atoms with van der Waals surface area (Å²) < 4.78 is 5.57. The lowest BCUT2D eigenvalue weighted by Gasteiger charge is -2.15. The van der Waals surface area contributed by atoms with E-state index in [-0.39, 0.29) is 6.04 Å². The first-order chi connectivity index (χ1) is 8.97. The number of rotatable bonds is 4. The van der Waals surface area contributed by atoms with E-state index in [0.29, 0.717) is 10.0 Å². The van der Waals surface area contributed by atoms with Crippen molar-refractivity contribution in [3.63, 3.8) is 0 Å². The fourth-order valence-electron chi connectivity index (χ4n) is 1.78. The molecule has 0 spiro atoms. The molecule has 19 heavy (non-hydrogen) atoms. The highest BCUT2D eigenvalue weighted by molar-refractivity contribution is 7.80. The van der Waals surface area contributed by atoms with E-state index in [1.807, 2.05) is 38.1 Å². The van der Waals surface area contributed by atoms with Gasteiger partial charge in [-0.2, -0.15) is 0 Å². The second kappa shape index (κ2) is 5.63. The maximum atomic E-state index is 6.20. The second-order valence-corrected chi connectivity index (χ2v) is 5.22. The van der Waals surface area contributed by atoms with Crippen LogP contribution in [0.4, 0.5) is 5.69 Å². The van der Waals surface area contributed by atoms with Gasteiger partial charge >= 0.3 is 0 Å². The van der Waals surface area contributed by atoms with Gasteiger partial charge in [0.15, 0.2) is 0 Å². The third-order valence-corrected chi connectivity index (χ3v) is 3.36. The van der Waals surface area contributed by atoms with E-state index in [4.69, 9.17) is 34.0 Å². The second-order valence-electron chi connectivity index (χ2n) is 4.37. The highest BCUT2D eigenvalue weighted by atomic mass is 35.5.